The number of primary amides is 1. The fourth-order valence-electron chi connectivity index (χ4n) is 3.11. The van der Waals surface area contributed by atoms with Crippen LogP contribution in [0.15, 0.2) is 60.8 Å². The maximum Gasteiger partial charge on any atom is 0.404 e. The summed E-state index contributed by atoms with van der Waals surface area (Å²) in [7, 11) is 0. The molecule has 4 N–H and O–H groups in total. The van der Waals surface area contributed by atoms with Crippen molar-refractivity contribution < 1.29 is 14.6 Å². The molecular weight excluding hydrogens is 304 g/mol. The molecule has 0 radical (unpaired) electrons. The van der Waals surface area contributed by atoms with Crippen molar-refractivity contribution in [2.24, 2.45) is 5.73 Å². The number of nitrogens with two attached hydrogens (primary N) is 1. The molecule has 0 aliphatic rings. The minimum atomic E-state index is -0.882. The highest BCUT2D eigenvalue weighted by atomic mass is 16.6. The molecule has 5 nitrogen and oxygen atoms in total. The number of para-hydroxylation sites is 1. The molecule has 5 heteroatoms. The number of benzene rings is 2. The Hall–Kier alpha value is -2.79. The zero-order valence-corrected chi connectivity index (χ0v) is 13.2. The molecule has 124 valence electrons. The van der Waals surface area contributed by atoms with Crippen LogP contribution in [0.2, 0.25) is 0 Å². The molecule has 0 fully saturated rings. The van der Waals surface area contributed by atoms with Crippen molar-refractivity contribution in [1.29, 1.82) is 0 Å². The third-order valence-electron chi connectivity index (χ3n) is 4.22. The van der Waals surface area contributed by atoms with Gasteiger partial charge < -0.3 is 20.6 Å². The number of ether oxygens (including phenoxy) is 1. The van der Waals surface area contributed by atoms with Gasteiger partial charge in [-0.1, -0.05) is 48.5 Å². The number of fused-ring (bicyclic) bond motifs is 1. The molecule has 1 heterocycles. The first-order chi connectivity index (χ1) is 11.7. The van der Waals surface area contributed by atoms with Crippen LogP contribution < -0.4 is 5.73 Å². The Bertz CT molecular complexity index is 814. The van der Waals surface area contributed by atoms with Crippen LogP contribution in [0.3, 0.4) is 0 Å². The lowest BCUT2D eigenvalue weighted by molar-refractivity contribution is 0.0469. The van der Waals surface area contributed by atoms with E-state index in [2.05, 4.69) is 4.98 Å². The summed E-state index contributed by atoms with van der Waals surface area (Å²) < 4.78 is 5.18. The van der Waals surface area contributed by atoms with Crippen LogP contribution in [0.4, 0.5) is 4.79 Å². The monoisotopic (exact) mass is 324 g/mol. The van der Waals surface area contributed by atoms with Crippen molar-refractivity contribution in [1.82, 2.24) is 4.98 Å². The Labute approximate surface area is 140 Å². The van der Waals surface area contributed by atoms with Gasteiger partial charge in [-0.25, -0.2) is 4.79 Å². The summed E-state index contributed by atoms with van der Waals surface area (Å²) in [6.45, 7) is -0.292. The fraction of sp³-hybridized carbons (Fsp3) is 0.211. The first-order valence-electron chi connectivity index (χ1n) is 7.86. The smallest absolute Gasteiger partial charge is 0.404 e. The highest BCUT2D eigenvalue weighted by Gasteiger charge is 2.28. The summed E-state index contributed by atoms with van der Waals surface area (Å²) in [6.07, 6.45) is 0.945. The van der Waals surface area contributed by atoms with Gasteiger partial charge in [0.05, 0.1) is 6.61 Å². The zero-order chi connectivity index (χ0) is 16.9. The van der Waals surface area contributed by atoms with Crippen LogP contribution in [-0.2, 0) is 11.2 Å². The number of aliphatic hydroxyl groups is 1. The van der Waals surface area contributed by atoms with E-state index in [0.717, 1.165) is 22.0 Å². The maximum atomic E-state index is 11.2. The van der Waals surface area contributed by atoms with Gasteiger partial charge in [0.15, 0.2) is 0 Å². The average Bonchev–Trinajstić information content (AvgIpc) is 3.02. The van der Waals surface area contributed by atoms with E-state index in [9.17, 15) is 9.90 Å². The first kappa shape index (κ1) is 16.1. The summed E-state index contributed by atoms with van der Waals surface area (Å²) in [6, 6.07) is 17.8. The van der Waals surface area contributed by atoms with E-state index in [1.165, 1.54) is 0 Å². The van der Waals surface area contributed by atoms with Crippen molar-refractivity contribution in [2.45, 2.75) is 18.4 Å². The predicted molar refractivity (Wildman–Crippen MR) is 92.7 cm³/mol. The molecule has 1 aromatic heterocycles. The molecule has 2 aromatic carbocycles. The minimum Gasteiger partial charge on any atom is -0.443 e. The Morgan fingerprint density at radius 3 is 2.54 bits per heavy atom. The molecule has 0 aliphatic heterocycles. The number of amides is 1. The van der Waals surface area contributed by atoms with Gasteiger partial charge in [-0.15, -0.1) is 0 Å². The Morgan fingerprint density at radius 1 is 1.12 bits per heavy atom. The van der Waals surface area contributed by atoms with E-state index in [1.807, 2.05) is 60.8 Å². The molecule has 3 rings (SSSR count). The Balaban J connectivity index is 2.01. The van der Waals surface area contributed by atoms with Crippen LogP contribution in [0.1, 0.15) is 17.0 Å². The van der Waals surface area contributed by atoms with Crippen LogP contribution in [0.5, 0.6) is 0 Å². The molecule has 3 aromatic rings. The number of carbonyl (C=O) groups is 1. The van der Waals surface area contributed by atoms with E-state index in [4.69, 9.17) is 10.5 Å². The normalized spacial score (nSPS) is 13.5. The number of nitrogens with one attached hydrogen (secondary N) is 1. The molecule has 2 atom stereocenters. The number of H-pyrrole nitrogens is 1. The second-order valence-electron chi connectivity index (χ2n) is 5.74. The van der Waals surface area contributed by atoms with Gasteiger partial charge in [0, 0.05) is 23.0 Å². The number of aromatic amines is 1. The van der Waals surface area contributed by atoms with Crippen LogP contribution in [-0.4, -0.2) is 28.9 Å². The number of hydrogen-bond donors (Lipinski definition) is 3. The van der Waals surface area contributed by atoms with E-state index >= 15 is 0 Å². The summed E-state index contributed by atoms with van der Waals surface area (Å²) in [5.41, 5.74) is 8.28. The molecule has 0 aliphatic carbocycles. The highest BCUT2D eigenvalue weighted by Crippen LogP contribution is 2.32. The predicted octanol–water partition coefficient (Wildman–Crippen LogP) is 2.95. The van der Waals surface area contributed by atoms with Gasteiger partial charge >= 0.3 is 6.09 Å². The number of aromatic nitrogens is 1. The Morgan fingerprint density at radius 2 is 1.83 bits per heavy atom. The van der Waals surface area contributed by atoms with Crippen molar-refractivity contribution in [3.63, 3.8) is 0 Å². The summed E-state index contributed by atoms with van der Waals surface area (Å²) in [5.74, 6) is -0.207. The lowest BCUT2D eigenvalue weighted by Crippen LogP contribution is -2.32. The minimum absolute atomic E-state index is 0.207. The van der Waals surface area contributed by atoms with Crippen LogP contribution >= 0.6 is 0 Å². The second-order valence-corrected chi connectivity index (χ2v) is 5.74. The molecule has 0 saturated heterocycles. The quantitative estimate of drug-likeness (QED) is 0.651. The van der Waals surface area contributed by atoms with E-state index in [0.29, 0.717) is 6.42 Å². The molecular formula is C19H20N2O3. The topological polar surface area (TPSA) is 88.3 Å². The molecule has 0 spiro atoms. The molecule has 2 unspecified atom stereocenters. The van der Waals surface area contributed by atoms with Crippen molar-refractivity contribution in [2.75, 3.05) is 6.61 Å². The number of aliphatic hydroxyl groups excluding tert-OH is 1. The number of hydrogen-bond acceptors (Lipinski definition) is 3. The number of carbonyl (C=O) groups excluding carboxylic acids is 1. The zero-order valence-electron chi connectivity index (χ0n) is 13.2. The van der Waals surface area contributed by atoms with Gasteiger partial charge in [-0.3, -0.25) is 0 Å². The molecule has 0 saturated carbocycles. The summed E-state index contributed by atoms with van der Waals surface area (Å²) in [4.78, 5) is 14.5. The van der Waals surface area contributed by atoms with E-state index in [-0.39, 0.29) is 12.5 Å². The average molecular weight is 324 g/mol. The third-order valence-corrected chi connectivity index (χ3v) is 4.22. The SMILES string of the molecule is NC(=O)OC(CO)C(Cc1ccccc1)c1c[nH]c2ccccc12. The van der Waals surface area contributed by atoms with Crippen molar-refractivity contribution in [3.05, 3.63) is 71.9 Å². The van der Waals surface area contributed by atoms with Gasteiger partial charge in [0.2, 0.25) is 0 Å². The lowest BCUT2D eigenvalue weighted by atomic mass is 9.87. The third kappa shape index (κ3) is 3.41. The Kier molecular flexibility index (Phi) is 4.82. The maximum absolute atomic E-state index is 11.2. The van der Waals surface area contributed by atoms with Gasteiger partial charge in [-0.05, 0) is 23.6 Å². The van der Waals surface area contributed by atoms with E-state index < -0.39 is 12.2 Å². The summed E-state index contributed by atoms with van der Waals surface area (Å²) >= 11 is 0. The first-order valence-corrected chi connectivity index (χ1v) is 7.86. The highest BCUT2D eigenvalue weighted by molar-refractivity contribution is 5.83. The van der Waals surface area contributed by atoms with Crippen LogP contribution in [0, 0.1) is 0 Å². The fourth-order valence-corrected chi connectivity index (χ4v) is 3.11. The number of rotatable bonds is 6. The molecule has 1 amide bonds. The standard InChI is InChI=1S/C19H20N2O3/c20-19(23)24-18(12-22)15(10-13-6-2-1-3-7-13)16-11-21-17-9-5-4-8-14(16)17/h1-9,11,15,18,21-22H,10,12H2,(H2,20,23). The van der Waals surface area contributed by atoms with Gasteiger partial charge in [0.1, 0.15) is 6.10 Å². The lowest BCUT2D eigenvalue weighted by Gasteiger charge is -2.25. The van der Waals surface area contributed by atoms with E-state index in [1.54, 1.807) is 0 Å². The molecule has 0 bridgehead atoms. The van der Waals surface area contributed by atoms with Crippen molar-refractivity contribution in [3.8, 4) is 0 Å². The summed E-state index contributed by atoms with van der Waals surface area (Å²) in [5, 5.41) is 10.8. The molecule has 24 heavy (non-hydrogen) atoms. The van der Waals surface area contributed by atoms with Gasteiger partial charge in [0.25, 0.3) is 0 Å². The van der Waals surface area contributed by atoms with Gasteiger partial charge in [-0.2, -0.15) is 0 Å². The van der Waals surface area contributed by atoms with Crippen LogP contribution in [0.25, 0.3) is 10.9 Å². The van der Waals surface area contributed by atoms with Crippen molar-refractivity contribution >= 4 is 17.0 Å². The second kappa shape index (κ2) is 7.19. The largest absolute Gasteiger partial charge is 0.443 e.